The highest BCUT2D eigenvalue weighted by Crippen LogP contribution is 2.45. The molecule has 3 unspecified atom stereocenters. The van der Waals surface area contributed by atoms with Crippen LogP contribution in [0.5, 0.6) is 0 Å². The SMILES string of the molecule is CCCCCCCCCCCCCCCCCCCCCC(=O)O[C@H](COC(=O)CCCCCCCCCCCCCCC)COP(=O)(O)OC[C@@H](O)COP(=O)(O)OC[C@@H](COC(=O)CCCCCCCCC(C)CC)OC(=O)CCCCCCCCCCCCC. The third-order valence-electron chi connectivity index (χ3n) is 17.6. The van der Waals surface area contributed by atoms with Gasteiger partial charge >= 0.3 is 39.5 Å². The molecule has 0 amide bonds. The molecular weight excluding hydrogens is 1220 g/mol. The van der Waals surface area contributed by atoms with E-state index in [1.54, 1.807) is 0 Å². The largest absolute Gasteiger partial charge is 0.472 e. The fourth-order valence-corrected chi connectivity index (χ4v) is 12.9. The lowest BCUT2D eigenvalue weighted by molar-refractivity contribution is -0.161. The Hall–Kier alpha value is -1.94. The van der Waals surface area contributed by atoms with E-state index in [-0.39, 0.29) is 25.7 Å². The number of hydrogen-bond donors (Lipinski definition) is 3. The molecule has 6 atom stereocenters. The molecule has 0 aliphatic carbocycles. The number of esters is 4. The molecule has 93 heavy (non-hydrogen) atoms. The molecule has 0 aromatic carbocycles. The van der Waals surface area contributed by atoms with Crippen molar-refractivity contribution in [3.63, 3.8) is 0 Å². The van der Waals surface area contributed by atoms with Gasteiger partial charge in [-0.15, -0.1) is 0 Å². The van der Waals surface area contributed by atoms with E-state index in [1.165, 1.54) is 205 Å². The molecule has 0 saturated carbocycles. The quantitative estimate of drug-likeness (QED) is 0.0222. The highest BCUT2D eigenvalue weighted by molar-refractivity contribution is 7.47. The zero-order chi connectivity index (χ0) is 68.4. The van der Waals surface area contributed by atoms with Crippen LogP contribution >= 0.6 is 15.6 Å². The van der Waals surface area contributed by atoms with E-state index in [0.29, 0.717) is 25.7 Å². The summed E-state index contributed by atoms with van der Waals surface area (Å²) in [7, 11) is -9.90. The van der Waals surface area contributed by atoms with Gasteiger partial charge in [-0.25, -0.2) is 9.13 Å². The molecule has 0 aromatic rings. The predicted molar refractivity (Wildman–Crippen MR) is 377 cm³/mol. The number of phosphoric ester groups is 2. The molecule has 0 spiro atoms. The number of aliphatic hydroxyl groups excluding tert-OH is 1. The normalized spacial score (nSPS) is 14.3. The zero-order valence-corrected chi connectivity index (χ0v) is 62.2. The summed E-state index contributed by atoms with van der Waals surface area (Å²) in [6, 6.07) is 0. The lowest BCUT2D eigenvalue weighted by Gasteiger charge is -2.21. The Labute approximate surface area is 568 Å². The minimum Gasteiger partial charge on any atom is -0.462 e. The summed E-state index contributed by atoms with van der Waals surface area (Å²) in [6.45, 7) is 7.23. The summed E-state index contributed by atoms with van der Waals surface area (Å²) in [5.41, 5.74) is 0. The molecular formula is C74H144O17P2. The van der Waals surface area contributed by atoms with Gasteiger partial charge in [0.2, 0.25) is 0 Å². The van der Waals surface area contributed by atoms with E-state index in [9.17, 15) is 43.2 Å². The van der Waals surface area contributed by atoms with Crippen molar-refractivity contribution in [2.45, 2.75) is 406 Å². The van der Waals surface area contributed by atoms with Crippen LogP contribution in [-0.2, 0) is 65.4 Å². The van der Waals surface area contributed by atoms with E-state index in [0.717, 1.165) is 102 Å². The molecule has 0 aliphatic heterocycles. The van der Waals surface area contributed by atoms with Gasteiger partial charge in [-0.1, -0.05) is 336 Å². The van der Waals surface area contributed by atoms with E-state index < -0.39 is 97.5 Å². The second-order valence-electron chi connectivity index (χ2n) is 26.9. The summed E-state index contributed by atoms with van der Waals surface area (Å²) >= 11 is 0. The van der Waals surface area contributed by atoms with Crippen molar-refractivity contribution in [2.75, 3.05) is 39.6 Å². The predicted octanol–water partition coefficient (Wildman–Crippen LogP) is 21.7. The van der Waals surface area contributed by atoms with Crippen LogP contribution in [0.1, 0.15) is 388 Å². The lowest BCUT2D eigenvalue weighted by Crippen LogP contribution is -2.30. The van der Waals surface area contributed by atoms with Crippen LogP contribution in [0, 0.1) is 5.92 Å². The van der Waals surface area contributed by atoms with Crippen LogP contribution in [0.2, 0.25) is 0 Å². The molecule has 0 radical (unpaired) electrons. The number of aliphatic hydroxyl groups is 1. The van der Waals surface area contributed by atoms with E-state index >= 15 is 0 Å². The number of ether oxygens (including phenoxy) is 4. The monoisotopic (exact) mass is 1370 g/mol. The van der Waals surface area contributed by atoms with Gasteiger partial charge < -0.3 is 33.8 Å². The smallest absolute Gasteiger partial charge is 0.462 e. The average Bonchev–Trinajstić information content (AvgIpc) is 1.57. The number of rotatable bonds is 74. The van der Waals surface area contributed by atoms with Crippen LogP contribution in [-0.4, -0.2) is 96.7 Å². The Morgan fingerprint density at radius 2 is 0.516 bits per heavy atom. The minimum atomic E-state index is -4.95. The summed E-state index contributed by atoms with van der Waals surface area (Å²) in [5, 5.41) is 10.6. The first-order valence-electron chi connectivity index (χ1n) is 38.7. The number of hydrogen-bond acceptors (Lipinski definition) is 15. The Morgan fingerprint density at radius 3 is 0.763 bits per heavy atom. The summed E-state index contributed by atoms with van der Waals surface area (Å²) < 4.78 is 68.4. The van der Waals surface area contributed by atoms with Gasteiger partial charge in [-0.05, 0) is 31.6 Å². The number of unbranched alkanes of at least 4 members (excludes halogenated alkanes) is 45. The molecule has 19 heteroatoms. The van der Waals surface area contributed by atoms with Gasteiger partial charge in [0.05, 0.1) is 26.4 Å². The highest BCUT2D eigenvalue weighted by Gasteiger charge is 2.30. The van der Waals surface area contributed by atoms with Crippen LogP contribution in [0.4, 0.5) is 0 Å². The molecule has 0 fully saturated rings. The maximum Gasteiger partial charge on any atom is 0.472 e. The molecule has 0 aliphatic rings. The van der Waals surface area contributed by atoms with Crippen molar-refractivity contribution in [3.05, 3.63) is 0 Å². The van der Waals surface area contributed by atoms with Crippen molar-refractivity contribution in [1.82, 2.24) is 0 Å². The molecule has 17 nitrogen and oxygen atoms in total. The van der Waals surface area contributed by atoms with Gasteiger partial charge in [-0.2, -0.15) is 0 Å². The van der Waals surface area contributed by atoms with Gasteiger partial charge in [0.25, 0.3) is 0 Å². The molecule has 552 valence electrons. The van der Waals surface area contributed by atoms with Crippen molar-refractivity contribution in [3.8, 4) is 0 Å². The standard InChI is InChI=1S/C74H144O17P2/c1-6-10-13-16-19-22-25-27-28-29-30-31-32-34-37-40-43-50-55-60-74(79)90-69(63-84-71(76)57-52-47-41-38-36-33-26-23-20-17-14-11-7-2)65-88-92(80,81)86-61-68(75)62-87-93(82,83)89-66-70(64-85-72(77)58-53-48-45-44-46-51-56-67(5)9-4)91-73(78)59-54-49-42-39-35-24-21-18-15-12-8-3/h67-70,75H,6-66H2,1-5H3,(H,80,81)(H,82,83)/t67?,68-,69-,70-/m1/s1. The van der Waals surface area contributed by atoms with Crippen LogP contribution in [0.15, 0.2) is 0 Å². The van der Waals surface area contributed by atoms with Gasteiger partial charge in [0, 0.05) is 25.7 Å². The second-order valence-corrected chi connectivity index (χ2v) is 29.8. The van der Waals surface area contributed by atoms with E-state index in [1.807, 2.05) is 0 Å². The third kappa shape index (κ3) is 67.0. The molecule has 0 bridgehead atoms. The second kappa shape index (κ2) is 67.3. The summed E-state index contributed by atoms with van der Waals surface area (Å²) in [4.78, 5) is 72.7. The first-order chi connectivity index (χ1) is 45.1. The number of phosphoric acid groups is 2. The minimum absolute atomic E-state index is 0.106. The number of carbonyl (C=O) groups excluding carboxylic acids is 4. The van der Waals surface area contributed by atoms with Gasteiger partial charge in [0.15, 0.2) is 12.2 Å². The zero-order valence-electron chi connectivity index (χ0n) is 60.4. The van der Waals surface area contributed by atoms with Gasteiger partial charge in [0.1, 0.15) is 19.3 Å². The first kappa shape index (κ1) is 91.1. The first-order valence-corrected chi connectivity index (χ1v) is 41.7. The van der Waals surface area contributed by atoms with Crippen LogP contribution < -0.4 is 0 Å². The van der Waals surface area contributed by atoms with Crippen molar-refractivity contribution < 1.29 is 80.2 Å². The van der Waals surface area contributed by atoms with Crippen molar-refractivity contribution in [1.29, 1.82) is 0 Å². The Bertz CT molecular complexity index is 1790. The number of carbonyl (C=O) groups is 4. The Morgan fingerprint density at radius 1 is 0.301 bits per heavy atom. The van der Waals surface area contributed by atoms with E-state index in [4.69, 9.17) is 37.0 Å². The van der Waals surface area contributed by atoms with Crippen molar-refractivity contribution in [2.24, 2.45) is 5.92 Å². The molecule has 0 heterocycles. The van der Waals surface area contributed by atoms with E-state index in [2.05, 4.69) is 34.6 Å². The molecule has 0 saturated heterocycles. The Kier molecular flexibility index (Phi) is 65.9. The van der Waals surface area contributed by atoms with Gasteiger partial charge in [-0.3, -0.25) is 37.3 Å². The molecule has 3 N–H and O–H groups in total. The lowest BCUT2D eigenvalue weighted by atomic mass is 10.00. The maximum absolute atomic E-state index is 13.1. The Balaban J connectivity index is 5.22. The third-order valence-corrected chi connectivity index (χ3v) is 19.5. The highest BCUT2D eigenvalue weighted by atomic mass is 31.2. The van der Waals surface area contributed by atoms with Crippen LogP contribution in [0.3, 0.4) is 0 Å². The summed E-state index contributed by atoms with van der Waals surface area (Å²) in [6.07, 6.45) is 55.5. The topological polar surface area (TPSA) is 237 Å². The fraction of sp³-hybridized carbons (Fsp3) is 0.946. The molecule has 0 rings (SSSR count). The average molecular weight is 1370 g/mol. The fourth-order valence-electron chi connectivity index (χ4n) is 11.3. The van der Waals surface area contributed by atoms with Crippen LogP contribution in [0.25, 0.3) is 0 Å². The van der Waals surface area contributed by atoms with Crippen molar-refractivity contribution >= 4 is 39.5 Å². The summed E-state index contributed by atoms with van der Waals surface area (Å²) in [5.74, 6) is -1.39. The maximum atomic E-state index is 13.1. The molecule has 0 aromatic heterocycles.